The molecule has 0 bridgehead atoms. The third kappa shape index (κ3) is 4.12. The number of hydrogen-bond donors (Lipinski definition) is 1. The van der Waals surface area contributed by atoms with Crippen LogP contribution in [0.2, 0.25) is 0 Å². The first kappa shape index (κ1) is 12.4. The molecule has 1 atom stereocenters. The highest BCUT2D eigenvalue weighted by Crippen LogP contribution is 2.15. The summed E-state index contributed by atoms with van der Waals surface area (Å²) in [5.74, 6) is 0. The van der Waals surface area contributed by atoms with E-state index in [-0.39, 0.29) is 11.3 Å². The zero-order valence-electron chi connectivity index (χ0n) is 8.41. The van der Waals surface area contributed by atoms with Crippen LogP contribution in [-0.2, 0) is 4.74 Å². The third-order valence-electron chi connectivity index (χ3n) is 2.02. The van der Waals surface area contributed by atoms with E-state index in [1.807, 2.05) is 37.4 Å². The van der Waals surface area contributed by atoms with Crippen LogP contribution in [0, 0.1) is 0 Å². The van der Waals surface area contributed by atoms with Crippen LogP contribution >= 0.6 is 23.2 Å². The minimum Gasteiger partial charge on any atom is -0.480 e. The Morgan fingerprint density at radius 3 is 2.67 bits per heavy atom. The van der Waals surface area contributed by atoms with Crippen LogP contribution in [0.3, 0.4) is 0 Å². The van der Waals surface area contributed by atoms with Crippen molar-refractivity contribution in [2.24, 2.45) is 0 Å². The van der Waals surface area contributed by atoms with Gasteiger partial charge in [0.05, 0.1) is 11.6 Å². The van der Waals surface area contributed by atoms with Crippen molar-refractivity contribution in [3.05, 3.63) is 46.6 Å². The largest absolute Gasteiger partial charge is 0.480 e. The normalized spacial score (nSPS) is 13.7. The Hall–Kier alpha value is -0.700. The van der Waals surface area contributed by atoms with Crippen LogP contribution in [0.1, 0.15) is 11.6 Å². The van der Waals surface area contributed by atoms with Crippen molar-refractivity contribution >= 4 is 23.2 Å². The summed E-state index contributed by atoms with van der Waals surface area (Å²) in [5, 5.41) is 3.35. The summed E-state index contributed by atoms with van der Waals surface area (Å²) in [6.07, 6.45) is 0. The molecule has 15 heavy (non-hydrogen) atoms. The predicted octanol–water partition coefficient (Wildman–Crippen LogP) is 3.24. The number of benzene rings is 1. The minimum atomic E-state index is 0.108. The molecule has 1 aromatic carbocycles. The molecule has 0 spiro atoms. The highest BCUT2D eigenvalue weighted by atomic mass is 35.5. The number of nitrogens with one attached hydrogen (secondary N) is 1. The number of rotatable bonds is 5. The Morgan fingerprint density at radius 2 is 2.13 bits per heavy atom. The molecule has 0 fully saturated rings. The van der Waals surface area contributed by atoms with Crippen molar-refractivity contribution in [1.29, 1.82) is 0 Å². The summed E-state index contributed by atoms with van der Waals surface area (Å²) < 4.78 is 5.23. The van der Waals surface area contributed by atoms with E-state index in [4.69, 9.17) is 27.9 Å². The maximum Gasteiger partial charge on any atom is 0.198 e. The molecule has 0 aliphatic rings. The quantitative estimate of drug-likeness (QED) is 0.805. The van der Waals surface area contributed by atoms with Gasteiger partial charge in [-0.15, -0.1) is 0 Å². The first-order valence-corrected chi connectivity index (χ1v) is 5.40. The van der Waals surface area contributed by atoms with Gasteiger partial charge in [-0.3, -0.25) is 0 Å². The number of likely N-dealkylation sites (N-methyl/N-ethyl adjacent to an activating group) is 1. The van der Waals surface area contributed by atoms with E-state index in [1.54, 1.807) is 0 Å². The van der Waals surface area contributed by atoms with Crippen molar-refractivity contribution in [1.82, 2.24) is 5.32 Å². The summed E-state index contributed by atoms with van der Waals surface area (Å²) >= 11 is 11.0. The lowest BCUT2D eigenvalue weighted by Crippen LogP contribution is -2.21. The van der Waals surface area contributed by atoms with Crippen LogP contribution < -0.4 is 5.32 Å². The van der Waals surface area contributed by atoms with Crippen molar-refractivity contribution < 1.29 is 4.74 Å². The Morgan fingerprint density at radius 1 is 1.47 bits per heavy atom. The summed E-state index contributed by atoms with van der Waals surface area (Å²) in [6, 6.07) is 10.1. The summed E-state index contributed by atoms with van der Waals surface area (Å²) in [4.78, 5) is 0. The fraction of sp³-hybridized carbons (Fsp3) is 0.273. The lowest BCUT2D eigenvalue weighted by Gasteiger charge is -2.16. The molecule has 0 unspecified atom stereocenters. The van der Waals surface area contributed by atoms with Crippen molar-refractivity contribution in [2.45, 2.75) is 6.04 Å². The van der Waals surface area contributed by atoms with E-state index in [1.165, 1.54) is 5.54 Å². The smallest absolute Gasteiger partial charge is 0.198 e. The maximum atomic E-state index is 5.63. The van der Waals surface area contributed by atoms with Gasteiger partial charge in [-0.05, 0) is 24.2 Å². The molecule has 0 aliphatic carbocycles. The maximum absolute atomic E-state index is 5.63. The van der Waals surface area contributed by atoms with Gasteiger partial charge in [0.2, 0.25) is 0 Å². The van der Waals surface area contributed by atoms with Crippen LogP contribution in [0.4, 0.5) is 0 Å². The molecule has 0 saturated heterocycles. The third-order valence-corrected chi connectivity index (χ3v) is 2.55. The molecule has 0 radical (unpaired) electrons. The topological polar surface area (TPSA) is 21.3 Å². The van der Waals surface area contributed by atoms with Gasteiger partial charge in [0, 0.05) is 0 Å². The van der Waals surface area contributed by atoms with Gasteiger partial charge >= 0.3 is 0 Å². The van der Waals surface area contributed by atoms with E-state index in [2.05, 4.69) is 5.32 Å². The second kappa shape index (κ2) is 6.72. The Balaban J connectivity index is 2.57. The molecule has 1 rings (SSSR count). The molecular weight excluding hydrogens is 233 g/mol. The van der Waals surface area contributed by atoms with Crippen molar-refractivity contribution in [3.8, 4) is 0 Å². The van der Waals surface area contributed by atoms with Crippen LogP contribution in [0.25, 0.3) is 0 Å². The van der Waals surface area contributed by atoms with Crippen LogP contribution in [-0.4, -0.2) is 13.7 Å². The standard InChI is InChI=1S/C11H13Cl2NO/c1-14-10(8-15-11(13)7-12)9-5-3-2-4-6-9/h2-7,10,14H,8H2,1H3/b11-7-/t10-/m1/s1. The number of halogens is 2. The fourth-order valence-electron chi connectivity index (χ4n) is 1.23. The Kier molecular flexibility index (Phi) is 5.54. The highest BCUT2D eigenvalue weighted by Gasteiger charge is 2.09. The molecule has 1 N–H and O–H groups in total. The van der Waals surface area contributed by atoms with Crippen molar-refractivity contribution in [2.75, 3.05) is 13.7 Å². The van der Waals surface area contributed by atoms with Gasteiger partial charge in [-0.25, -0.2) is 0 Å². The average molecular weight is 246 g/mol. The Labute approximate surface area is 99.8 Å². The average Bonchev–Trinajstić information content (AvgIpc) is 2.31. The minimum absolute atomic E-state index is 0.108. The van der Waals surface area contributed by atoms with Gasteiger partial charge in [0.1, 0.15) is 6.61 Å². The van der Waals surface area contributed by atoms with E-state index in [0.717, 1.165) is 5.56 Å². The molecule has 1 aromatic rings. The summed E-state index contributed by atoms with van der Waals surface area (Å²) in [7, 11) is 1.87. The van der Waals surface area contributed by atoms with Gasteiger partial charge in [-0.2, -0.15) is 0 Å². The second-order valence-corrected chi connectivity index (χ2v) is 3.57. The molecule has 82 valence electrons. The Bertz CT molecular complexity index is 314. The van der Waals surface area contributed by atoms with E-state index < -0.39 is 0 Å². The predicted molar refractivity (Wildman–Crippen MR) is 64.0 cm³/mol. The molecule has 0 aromatic heterocycles. The van der Waals surface area contributed by atoms with Crippen LogP contribution in [0.5, 0.6) is 0 Å². The molecular formula is C11H13Cl2NO. The van der Waals surface area contributed by atoms with Gasteiger partial charge in [-0.1, -0.05) is 41.9 Å². The lowest BCUT2D eigenvalue weighted by atomic mass is 10.1. The van der Waals surface area contributed by atoms with Crippen molar-refractivity contribution in [3.63, 3.8) is 0 Å². The van der Waals surface area contributed by atoms with E-state index >= 15 is 0 Å². The molecule has 0 aliphatic heterocycles. The van der Waals surface area contributed by atoms with Gasteiger partial charge in [0.15, 0.2) is 5.22 Å². The molecule has 2 nitrogen and oxygen atoms in total. The van der Waals surface area contributed by atoms with Crippen LogP contribution in [0.15, 0.2) is 41.1 Å². The lowest BCUT2D eigenvalue weighted by molar-refractivity contribution is 0.204. The zero-order chi connectivity index (χ0) is 11.1. The molecule has 0 heterocycles. The summed E-state index contributed by atoms with van der Waals surface area (Å²) in [5.41, 5.74) is 2.36. The molecule has 4 heteroatoms. The van der Waals surface area contributed by atoms with E-state index in [9.17, 15) is 0 Å². The zero-order valence-corrected chi connectivity index (χ0v) is 9.92. The SMILES string of the molecule is CN[C@H](CO/C(Cl)=C\Cl)c1ccccc1. The first-order valence-electron chi connectivity index (χ1n) is 4.58. The van der Waals surface area contributed by atoms with E-state index in [0.29, 0.717) is 6.61 Å². The summed E-state index contributed by atoms with van der Waals surface area (Å²) in [6.45, 7) is 0.447. The first-order chi connectivity index (χ1) is 7.27. The second-order valence-electron chi connectivity index (χ2n) is 2.98. The molecule has 0 amide bonds. The molecule has 0 saturated carbocycles. The fourth-order valence-corrected chi connectivity index (χ4v) is 1.35. The number of ether oxygens (including phenoxy) is 1. The highest BCUT2D eigenvalue weighted by molar-refractivity contribution is 6.35. The van der Waals surface area contributed by atoms with Gasteiger partial charge in [0.25, 0.3) is 0 Å². The number of hydrogen-bond acceptors (Lipinski definition) is 2. The monoisotopic (exact) mass is 245 g/mol. The van der Waals surface area contributed by atoms with Gasteiger partial charge < -0.3 is 10.1 Å².